The quantitative estimate of drug-likeness (QED) is 0.211. The number of carboxylic acid groups (broad SMARTS) is 1. The van der Waals surface area contributed by atoms with E-state index in [1.165, 1.54) is 31.3 Å². The van der Waals surface area contributed by atoms with Gasteiger partial charge in [0.15, 0.2) is 6.10 Å². The van der Waals surface area contributed by atoms with E-state index in [1.54, 1.807) is 0 Å². The minimum atomic E-state index is -2.23. The van der Waals surface area contributed by atoms with Gasteiger partial charge in [0.05, 0.1) is 6.10 Å². The summed E-state index contributed by atoms with van der Waals surface area (Å²) in [6.07, 6.45) is 0.312. The number of allylic oxidation sites excluding steroid dienone is 2. The molecule has 0 aliphatic rings. The van der Waals surface area contributed by atoms with Crippen LogP contribution in [0.3, 0.4) is 0 Å². The van der Waals surface area contributed by atoms with Crippen molar-refractivity contribution in [2.45, 2.75) is 110 Å². The molecular weight excluding hydrogens is 376 g/mol. The average Bonchev–Trinajstić information content (AvgIpc) is 2.64. The van der Waals surface area contributed by atoms with Crippen LogP contribution in [0.4, 0.5) is 0 Å². The maximum absolute atomic E-state index is 10.6. The van der Waals surface area contributed by atoms with E-state index in [0.29, 0.717) is 12.3 Å². The highest BCUT2D eigenvalue weighted by Gasteiger charge is 2.36. The molecule has 0 aromatic carbocycles. The molecule has 7 heteroatoms. The van der Waals surface area contributed by atoms with Gasteiger partial charge in [-0.15, -0.1) is 0 Å². The van der Waals surface area contributed by atoms with Crippen LogP contribution in [0.2, 0.25) is 0 Å². The molecule has 172 valence electrons. The Balaban J connectivity index is 4.17. The summed E-state index contributed by atoms with van der Waals surface area (Å²) in [7, 11) is 0. The van der Waals surface area contributed by atoms with Crippen LogP contribution >= 0.6 is 0 Å². The number of rotatable bonds is 16. The second kappa shape index (κ2) is 14.9. The predicted octanol–water partition coefficient (Wildman–Crippen LogP) is 2.23. The molecule has 0 spiro atoms. The Labute approximate surface area is 175 Å². The minimum absolute atomic E-state index is 0.150. The highest BCUT2D eigenvalue weighted by molar-refractivity contribution is 5.72. The first kappa shape index (κ1) is 28.0. The molecule has 0 bridgehead atoms. The molecule has 0 heterocycles. The predicted molar refractivity (Wildman–Crippen MR) is 112 cm³/mol. The molecule has 0 saturated heterocycles. The van der Waals surface area contributed by atoms with E-state index in [1.807, 2.05) is 13.0 Å². The Morgan fingerprint density at radius 2 is 1.41 bits per heavy atom. The lowest BCUT2D eigenvalue weighted by atomic mass is 9.94. The zero-order valence-electron chi connectivity index (χ0n) is 18.4. The lowest BCUT2D eigenvalue weighted by Gasteiger charge is -2.27. The monoisotopic (exact) mass is 418 g/mol. The molecule has 0 aromatic rings. The fourth-order valence-corrected chi connectivity index (χ4v) is 3.28. The van der Waals surface area contributed by atoms with Gasteiger partial charge in [-0.05, 0) is 44.4 Å². The maximum Gasteiger partial charge on any atom is 0.335 e. The van der Waals surface area contributed by atoms with Crippen LogP contribution in [0.1, 0.15) is 79.1 Å². The fraction of sp³-hybridized carbons (Fsp3) is 0.864. The normalized spacial score (nSPS) is 18.9. The summed E-state index contributed by atoms with van der Waals surface area (Å²) in [6.45, 7) is 8.81. The second-order valence-corrected chi connectivity index (χ2v) is 8.77. The van der Waals surface area contributed by atoms with Crippen LogP contribution in [0, 0.1) is 11.8 Å². The Morgan fingerprint density at radius 3 is 1.97 bits per heavy atom. The standard InChI is InChI=1S/C22H42O7/c1-14(2)8-5-9-15(3)10-6-11-16(4)12-7-13-17(23)18(24)19(25)20(26)21(27)22(28)29/h12,14-15,17-21,23-27H,5-11,13H2,1-4H3,(H,28,29)/t15?,17?,18-,19-,20+,21+/m1/s1. The van der Waals surface area contributed by atoms with Crippen LogP contribution in [0.15, 0.2) is 11.6 Å². The van der Waals surface area contributed by atoms with E-state index in [4.69, 9.17) is 5.11 Å². The van der Waals surface area contributed by atoms with Gasteiger partial charge < -0.3 is 30.6 Å². The fourth-order valence-electron chi connectivity index (χ4n) is 3.28. The average molecular weight is 419 g/mol. The SMILES string of the molecule is CC(=CCCC(O)[C@@H](O)[C@@H](O)[C@H](O)[C@H](O)C(=O)O)CCCC(C)CCCC(C)C. The van der Waals surface area contributed by atoms with Gasteiger partial charge in [0.1, 0.15) is 18.3 Å². The zero-order chi connectivity index (χ0) is 22.6. The van der Waals surface area contributed by atoms with Gasteiger partial charge in [-0.25, -0.2) is 4.79 Å². The van der Waals surface area contributed by atoms with Crippen molar-refractivity contribution in [2.75, 3.05) is 0 Å². The number of hydrogen-bond donors (Lipinski definition) is 6. The van der Waals surface area contributed by atoms with Crippen LogP contribution in [-0.4, -0.2) is 67.1 Å². The van der Waals surface area contributed by atoms with Gasteiger partial charge in [0.25, 0.3) is 0 Å². The molecular formula is C22H42O7. The third-order valence-corrected chi connectivity index (χ3v) is 5.37. The Hall–Kier alpha value is -0.990. The molecule has 6 atom stereocenters. The summed E-state index contributed by atoms with van der Waals surface area (Å²) in [4.78, 5) is 10.6. The topological polar surface area (TPSA) is 138 Å². The summed E-state index contributed by atoms with van der Waals surface area (Å²) >= 11 is 0. The van der Waals surface area contributed by atoms with Gasteiger partial charge in [0.2, 0.25) is 0 Å². The van der Waals surface area contributed by atoms with Gasteiger partial charge in [0, 0.05) is 0 Å². The van der Waals surface area contributed by atoms with Crippen molar-refractivity contribution in [1.29, 1.82) is 0 Å². The van der Waals surface area contributed by atoms with Gasteiger partial charge in [-0.2, -0.15) is 0 Å². The third-order valence-electron chi connectivity index (χ3n) is 5.37. The van der Waals surface area contributed by atoms with E-state index < -0.39 is 36.5 Å². The zero-order valence-corrected chi connectivity index (χ0v) is 18.4. The molecule has 29 heavy (non-hydrogen) atoms. The van der Waals surface area contributed by atoms with Crippen molar-refractivity contribution >= 4 is 5.97 Å². The maximum atomic E-state index is 10.6. The van der Waals surface area contributed by atoms with E-state index in [9.17, 15) is 30.3 Å². The largest absolute Gasteiger partial charge is 0.479 e. The van der Waals surface area contributed by atoms with Gasteiger partial charge in [-0.1, -0.05) is 58.1 Å². The van der Waals surface area contributed by atoms with Crippen molar-refractivity contribution < 1.29 is 35.4 Å². The van der Waals surface area contributed by atoms with Crippen molar-refractivity contribution in [1.82, 2.24) is 0 Å². The molecule has 0 aliphatic carbocycles. The lowest BCUT2D eigenvalue weighted by Crippen LogP contribution is -2.51. The van der Waals surface area contributed by atoms with Crippen molar-refractivity contribution in [2.24, 2.45) is 11.8 Å². The molecule has 0 amide bonds. The van der Waals surface area contributed by atoms with Crippen LogP contribution in [0.5, 0.6) is 0 Å². The Kier molecular flexibility index (Phi) is 14.4. The van der Waals surface area contributed by atoms with Crippen LogP contribution < -0.4 is 0 Å². The highest BCUT2D eigenvalue weighted by atomic mass is 16.4. The molecule has 0 aromatic heterocycles. The summed E-state index contributed by atoms with van der Waals surface area (Å²) in [6, 6.07) is 0. The Bertz CT molecular complexity index is 478. The second-order valence-electron chi connectivity index (χ2n) is 8.77. The summed E-state index contributed by atoms with van der Waals surface area (Å²) in [5.74, 6) is -0.244. The smallest absolute Gasteiger partial charge is 0.335 e. The molecule has 0 radical (unpaired) electrons. The first-order chi connectivity index (χ1) is 13.5. The molecule has 6 N–H and O–H groups in total. The molecule has 0 aliphatic heterocycles. The molecule has 0 rings (SSSR count). The number of aliphatic hydroxyl groups excluding tert-OH is 5. The lowest BCUT2D eigenvalue weighted by molar-refractivity contribution is -0.168. The summed E-state index contributed by atoms with van der Waals surface area (Å²) in [5.41, 5.74) is 1.20. The van der Waals surface area contributed by atoms with E-state index in [0.717, 1.165) is 18.8 Å². The number of aliphatic hydroxyl groups is 5. The van der Waals surface area contributed by atoms with E-state index in [2.05, 4.69) is 20.8 Å². The number of hydrogen-bond acceptors (Lipinski definition) is 6. The van der Waals surface area contributed by atoms with E-state index in [-0.39, 0.29) is 6.42 Å². The first-order valence-corrected chi connectivity index (χ1v) is 10.8. The number of carboxylic acids is 1. The molecule has 7 nitrogen and oxygen atoms in total. The summed E-state index contributed by atoms with van der Waals surface area (Å²) < 4.78 is 0. The van der Waals surface area contributed by atoms with Crippen molar-refractivity contribution in [3.63, 3.8) is 0 Å². The minimum Gasteiger partial charge on any atom is -0.479 e. The highest BCUT2D eigenvalue weighted by Crippen LogP contribution is 2.20. The van der Waals surface area contributed by atoms with Crippen molar-refractivity contribution in [3.05, 3.63) is 11.6 Å². The third kappa shape index (κ3) is 12.3. The molecule has 0 fully saturated rings. The summed E-state index contributed by atoms with van der Waals surface area (Å²) in [5, 5.41) is 57.0. The van der Waals surface area contributed by atoms with Crippen LogP contribution in [0.25, 0.3) is 0 Å². The van der Waals surface area contributed by atoms with E-state index >= 15 is 0 Å². The van der Waals surface area contributed by atoms with Gasteiger partial charge >= 0.3 is 5.97 Å². The van der Waals surface area contributed by atoms with Crippen LogP contribution in [-0.2, 0) is 4.79 Å². The number of carbonyl (C=O) groups is 1. The molecule has 2 unspecified atom stereocenters. The Morgan fingerprint density at radius 1 is 0.828 bits per heavy atom. The van der Waals surface area contributed by atoms with Gasteiger partial charge in [-0.3, -0.25) is 0 Å². The first-order valence-electron chi connectivity index (χ1n) is 10.8. The number of aliphatic carboxylic acids is 1. The van der Waals surface area contributed by atoms with Crippen molar-refractivity contribution in [3.8, 4) is 0 Å². The molecule has 0 saturated carbocycles.